The van der Waals surface area contributed by atoms with Crippen molar-refractivity contribution in [2.24, 2.45) is 4.99 Å². The normalized spacial score (nSPS) is 9.85. The Kier molecular flexibility index (Phi) is 42.0. The zero-order valence-electron chi connectivity index (χ0n) is 60.2. The molecule has 0 spiro atoms. The number of methoxy groups -OCH3 is 2. The molecule has 0 saturated heterocycles. The molecule has 0 amide bonds. The number of nitrogens with one attached hydrogen (secondary N) is 2. The number of aromatic nitrogens is 6. The second kappa shape index (κ2) is 50.4. The average molecular weight is 1720 g/mol. The molecular formula is C81H80BBr3Cl2FN10NaO4S3. The molecule has 542 valence electrons. The van der Waals surface area contributed by atoms with Gasteiger partial charge in [-0.15, -0.1) is 70.5 Å². The second-order valence-electron chi connectivity index (χ2n) is 22.2. The van der Waals surface area contributed by atoms with Gasteiger partial charge in [0.05, 0.1) is 102 Å². The number of ether oxygens (including phenoxy) is 2. The fraction of sp³-hybridized carbons (Fsp3) is 0.148. The molecule has 12 aromatic rings. The van der Waals surface area contributed by atoms with E-state index in [0.29, 0.717) is 59.5 Å². The van der Waals surface area contributed by atoms with Crippen LogP contribution in [0.2, 0.25) is 0 Å². The molecule has 0 aliphatic rings. The molecule has 0 aliphatic carbocycles. The molecule has 3 heterocycles. The van der Waals surface area contributed by atoms with E-state index in [2.05, 4.69) is 182 Å². The van der Waals surface area contributed by atoms with Gasteiger partial charge < -0.3 is 37.5 Å². The Morgan fingerprint density at radius 2 is 0.830 bits per heavy atom. The van der Waals surface area contributed by atoms with Crippen LogP contribution in [0.25, 0.3) is 33.8 Å². The maximum atomic E-state index is 9.96. The van der Waals surface area contributed by atoms with Gasteiger partial charge in [0.25, 0.3) is 0 Å². The molecule has 0 atom stereocenters. The number of benzene rings is 9. The van der Waals surface area contributed by atoms with Crippen LogP contribution in [0.15, 0.2) is 260 Å². The number of nitrogens with two attached hydrogens (primary N) is 1. The summed E-state index contributed by atoms with van der Waals surface area (Å²) < 4.78 is 26.0. The van der Waals surface area contributed by atoms with Gasteiger partial charge in [0.1, 0.15) is 28.8 Å². The number of aryl methyl sites for hydroxylation is 2. The van der Waals surface area contributed by atoms with E-state index in [9.17, 15) is 14.6 Å². The van der Waals surface area contributed by atoms with Crippen LogP contribution in [0.1, 0.15) is 66.2 Å². The number of aromatic hydroxyl groups is 2. The van der Waals surface area contributed by atoms with Crippen molar-refractivity contribution in [2.75, 3.05) is 43.1 Å². The van der Waals surface area contributed by atoms with Crippen molar-refractivity contribution >= 4 is 149 Å². The van der Waals surface area contributed by atoms with Crippen molar-refractivity contribution in [2.45, 2.75) is 53.4 Å². The minimum Gasteiger partial charge on any atom is -1.00 e. The Labute approximate surface area is 697 Å². The molecule has 12 rings (SSSR count). The van der Waals surface area contributed by atoms with Crippen LogP contribution in [0.5, 0.6) is 23.0 Å². The maximum absolute atomic E-state index is 9.96. The van der Waals surface area contributed by atoms with E-state index in [-0.39, 0.29) is 58.4 Å². The topological polar surface area (TPSA) is 199 Å². The number of anilines is 3. The second-order valence-corrected chi connectivity index (χ2v) is 30.6. The minimum absolute atomic E-state index is 0. The maximum Gasteiger partial charge on any atom is 1.00 e. The molecule has 0 unspecified atom stereocenters. The molecule has 0 radical (unpaired) electrons. The number of phenols is 2. The van der Waals surface area contributed by atoms with E-state index in [1.165, 1.54) is 22.3 Å². The van der Waals surface area contributed by atoms with Gasteiger partial charge in [-0.25, -0.2) is 29.9 Å². The fourth-order valence-electron chi connectivity index (χ4n) is 9.53. The number of nitrogens with zero attached hydrogens (tertiary/aromatic N) is 7. The standard InChI is InChI=1S/C27H25N3OS.C25H21N3O2S.C18H17N3.C8H7NOS.CH2Cl2.CH3F.CH4.BBr3.Na.H/c1-19-8-12-22(13-9-19)25-18-28-27(24(29-25)16-20-6-4-3-5-7-20)30-26(32)17-21-10-14-23(31-2)15-11-21;29-20-10-6-18(7-11-20)15-24(31)28-25-22(14-17-4-2-1-3-5-17)27-23(16-26-25)19-8-12-21(30)13-9-19;1-13-7-9-15(10-8-13)17-12-20-18(19)16(21-17)11-14-5-3-2-4-6-14;1-10-8-4-2-7(3-5-8)9-6-11;2-1-3;1-2;;2-1(3)4;;/h3-15,18H,16-17H2,1-2H3,(H,28,30,32);1-13,16,29-30H,14-15H2,(H,26,28,31);2-10,12H,11H2,1H3,(H2,19,20);2-5H,1H3;1H2;1H3;1H4;;;/q;;;;;;;;+1;-1/i;;;;;1D;;;;. The average Bonchev–Trinajstić information content (AvgIpc) is 0.556. The van der Waals surface area contributed by atoms with E-state index in [1.54, 1.807) is 57.1 Å². The largest absolute Gasteiger partial charge is 1.00 e. The smallest absolute Gasteiger partial charge is 1.00 e. The van der Waals surface area contributed by atoms with E-state index in [1.807, 2.05) is 140 Å². The summed E-state index contributed by atoms with van der Waals surface area (Å²) in [5.74, 6) is 3.89. The quantitative estimate of drug-likeness (QED) is 0.0235. The number of phenolic OH excluding ortho intramolecular Hbond substituents is 2. The number of alkyl halides is 3. The summed E-state index contributed by atoms with van der Waals surface area (Å²) >= 11 is 34.5. The third-order valence-corrected chi connectivity index (χ3v) is 15.2. The summed E-state index contributed by atoms with van der Waals surface area (Å²) in [6.07, 6.45) is 8.34. The van der Waals surface area contributed by atoms with Crippen molar-refractivity contribution in [3.8, 4) is 56.8 Å². The predicted octanol–water partition coefficient (Wildman–Crippen LogP) is 19.1. The van der Waals surface area contributed by atoms with Gasteiger partial charge >= 0.3 is 32.7 Å². The molecule has 0 fully saturated rings. The first-order valence-corrected chi connectivity index (χ1v) is 36.9. The Balaban J connectivity index is 0.000000370. The zero-order chi connectivity index (χ0) is 75.7. The van der Waals surface area contributed by atoms with Gasteiger partial charge in [-0.3, -0.25) is 4.39 Å². The number of thiocarbonyl (C=S) groups is 3. The molecule has 0 bridgehead atoms. The number of aliphatic imine (C=N–C) groups is 1. The van der Waals surface area contributed by atoms with Crippen molar-refractivity contribution in [1.29, 1.82) is 0 Å². The summed E-state index contributed by atoms with van der Waals surface area (Å²) in [6.45, 7) is 4.15. The Bertz CT molecular complexity index is 4640. The first kappa shape index (κ1) is 88.4. The molecule has 6 N–H and O–H groups in total. The molecule has 3 aromatic heterocycles. The number of nitrogen functional groups attached to an aromatic ring is 1. The molecule has 25 heteroatoms. The van der Waals surface area contributed by atoms with Crippen LogP contribution in [-0.4, -0.2) is 85.2 Å². The molecule has 106 heavy (non-hydrogen) atoms. The van der Waals surface area contributed by atoms with Gasteiger partial charge in [0, 0.05) is 48.8 Å². The van der Waals surface area contributed by atoms with Crippen molar-refractivity contribution < 1.29 is 56.4 Å². The monoisotopic (exact) mass is 1710 g/mol. The number of hydrogen-bond donors (Lipinski definition) is 5. The van der Waals surface area contributed by atoms with Crippen LogP contribution >= 0.6 is 107 Å². The van der Waals surface area contributed by atoms with Gasteiger partial charge in [0.15, 0.2) is 11.6 Å². The number of rotatable bonds is 18. The first-order valence-electron chi connectivity index (χ1n) is 32.5. The van der Waals surface area contributed by atoms with Gasteiger partial charge in [-0.2, -0.15) is 4.99 Å². The number of isothiocyanates is 1. The Hall–Kier alpha value is -8.19. The van der Waals surface area contributed by atoms with Crippen molar-refractivity contribution in [3.63, 3.8) is 0 Å². The zero-order valence-corrected chi connectivity index (χ0v) is 68.9. The van der Waals surface area contributed by atoms with Crippen LogP contribution in [0, 0.1) is 13.8 Å². The van der Waals surface area contributed by atoms with Gasteiger partial charge in [-0.05, 0) is 127 Å². The third-order valence-electron chi connectivity index (χ3n) is 14.7. The van der Waals surface area contributed by atoms with E-state index < -0.39 is 7.15 Å². The summed E-state index contributed by atoms with van der Waals surface area (Å²) in [7, 11) is 2.28. The number of hydrogen-bond acceptors (Lipinski definition) is 15. The predicted molar refractivity (Wildman–Crippen MR) is 458 cm³/mol. The van der Waals surface area contributed by atoms with E-state index >= 15 is 0 Å². The summed E-state index contributed by atoms with van der Waals surface area (Å²) in [6, 6.07) is 76.2. The summed E-state index contributed by atoms with van der Waals surface area (Å²) in [4.78, 5) is 33.2. The molecule has 14 nitrogen and oxygen atoms in total. The SMILES string of the molecule is BrB(Br)Br.C.COc1ccc(CC(=S)Nc2ncc(-c3ccc(C)cc3)nc2Cc2ccccc2)cc1.COc1ccc(N=C=S)cc1.Cc1ccc(-c2cnc(N)c(Cc3ccccc3)n2)cc1.ClCCl.Oc1ccc(CC(=S)Nc2ncc(-c3ccc(O)cc3)nc2Cc2ccccc2)cc1.[2H]CF.[H-].[Na+]. The van der Waals surface area contributed by atoms with Crippen LogP contribution in [0.3, 0.4) is 0 Å². The minimum atomic E-state index is -1.00. The molecular weight excluding hydrogens is 1640 g/mol. The first-order chi connectivity index (χ1) is 50.8. The third kappa shape index (κ3) is 32.9. The fourth-order valence-corrected chi connectivity index (χ4v) is 10.2. The Morgan fingerprint density at radius 1 is 0.528 bits per heavy atom. The summed E-state index contributed by atoms with van der Waals surface area (Å²) in [5, 5.41) is 28.1. The van der Waals surface area contributed by atoms with E-state index in [0.717, 1.165) is 84.7 Å². The molecule has 0 saturated carbocycles. The summed E-state index contributed by atoms with van der Waals surface area (Å²) in [5.41, 5.74) is 22.7. The van der Waals surface area contributed by atoms with Crippen molar-refractivity contribution in [3.05, 3.63) is 311 Å². The van der Waals surface area contributed by atoms with E-state index in [4.69, 9.17) is 79.2 Å². The number of halogens is 6. The Morgan fingerprint density at radius 3 is 1.18 bits per heavy atom. The van der Waals surface area contributed by atoms with Crippen LogP contribution in [0.4, 0.5) is 27.5 Å². The van der Waals surface area contributed by atoms with Crippen LogP contribution in [-0.2, 0) is 32.1 Å². The van der Waals surface area contributed by atoms with Gasteiger partial charge in [0.2, 0.25) is 0 Å². The van der Waals surface area contributed by atoms with Crippen molar-refractivity contribution in [1.82, 2.24) is 29.9 Å². The van der Waals surface area contributed by atoms with Crippen LogP contribution < -0.4 is 55.4 Å². The molecule has 9 aromatic carbocycles. The molecule has 0 aliphatic heterocycles. The van der Waals surface area contributed by atoms with Gasteiger partial charge in [-0.1, -0.05) is 207 Å².